The summed E-state index contributed by atoms with van der Waals surface area (Å²) >= 11 is 0. The first-order valence-electron chi connectivity index (χ1n) is 5.60. The van der Waals surface area contributed by atoms with Crippen molar-refractivity contribution < 1.29 is 0 Å². The van der Waals surface area contributed by atoms with E-state index in [1.165, 1.54) is 25.0 Å². The van der Waals surface area contributed by atoms with Crippen LogP contribution in [-0.2, 0) is 0 Å². The Labute approximate surface area is 90.6 Å². The van der Waals surface area contributed by atoms with Crippen molar-refractivity contribution in [2.45, 2.75) is 32.6 Å². The molecular weight excluding hydrogens is 186 g/mol. The van der Waals surface area contributed by atoms with Crippen LogP contribution in [0.25, 0.3) is 0 Å². The highest BCUT2D eigenvalue weighted by Crippen LogP contribution is 2.21. The van der Waals surface area contributed by atoms with Gasteiger partial charge in [0.2, 0.25) is 0 Å². The quantitative estimate of drug-likeness (QED) is 0.750. The number of pyridine rings is 1. The molecule has 1 aromatic rings. The van der Waals surface area contributed by atoms with Crippen molar-refractivity contribution in [1.82, 2.24) is 4.98 Å². The highest BCUT2D eigenvalue weighted by molar-refractivity contribution is 5.87. The highest BCUT2D eigenvalue weighted by atomic mass is 15.3. The van der Waals surface area contributed by atoms with Gasteiger partial charge in [-0.2, -0.15) is 5.10 Å². The fraction of sp³-hybridized carbons (Fsp3) is 0.500. The standard InChI is InChI=1S/C12H17N3/c1-10-6-2-3-7-11(10)14-15-12-8-4-5-9-13-12/h4-5,8-10H,2-3,6-7H2,1H3,(H,13,15)/b14-11-/t10-/m1/s1. The molecule has 80 valence electrons. The van der Waals surface area contributed by atoms with Gasteiger partial charge in [-0.25, -0.2) is 4.98 Å². The first kappa shape index (κ1) is 10.1. The summed E-state index contributed by atoms with van der Waals surface area (Å²) in [6, 6.07) is 5.79. The maximum absolute atomic E-state index is 4.44. The van der Waals surface area contributed by atoms with Gasteiger partial charge in [-0.1, -0.05) is 19.4 Å². The molecule has 1 fully saturated rings. The lowest BCUT2D eigenvalue weighted by molar-refractivity contribution is 0.558. The van der Waals surface area contributed by atoms with Crippen LogP contribution in [0.5, 0.6) is 0 Å². The van der Waals surface area contributed by atoms with Crippen LogP contribution in [0, 0.1) is 5.92 Å². The molecular formula is C12H17N3. The van der Waals surface area contributed by atoms with E-state index in [4.69, 9.17) is 0 Å². The van der Waals surface area contributed by atoms with Crippen molar-refractivity contribution in [1.29, 1.82) is 0 Å². The largest absolute Gasteiger partial charge is 0.261 e. The molecule has 3 nitrogen and oxygen atoms in total. The van der Waals surface area contributed by atoms with E-state index >= 15 is 0 Å². The summed E-state index contributed by atoms with van der Waals surface area (Å²) in [7, 11) is 0. The number of rotatable bonds is 2. The Kier molecular flexibility index (Phi) is 3.33. The Morgan fingerprint density at radius 2 is 2.33 bits per heavy atom. The van der Waals surface area contributed by atoms with Crippen molar-refractivity contribution in [2.75, 3.05) is 5.43 Å². The van der Waals surface area contributed by atoms with Crippen molar-refractivity contribution in [2.24, 2.45) is 11.0 Å². The number of hydrazone groups is 1. The zero-order chi connectivity index (χ0) is 10.5. The molecule has 2 rings (SSSR count). The number of aromatic nitrogens is 1. The van der Waals surface area contributed by atoms with Crippen LogP contribution in [0.1, 0.15) is 32.6 Å². The van der Waals surface area contributed by atoms with E-state index < -0.39 is 0 Å². The molecule has 0 amide bonds. The molecule has 3 heteroatoms. The second kappa shape index (κ2) is 4.91. The first-order valence-corrected chi connectivity index (χ1v) is 5.60. The molecule has 1 aromatic heterocycles. The van der Waals surface area contributed by atoms with E-state index in [1.807, 2.05) is 18.2 Å². The molecule has 0 aromatic carbocycles. The van der Waals surface area contributed by atoms with E-state index in [9.17, 15) is 0 Å². The Hall–Kier alpha value is -1.38. The lowest BCUT2D eigenvalue weighted by atomic mass is 9.89. The van der Waals surface area contributed by atoms with E-state index in [0.717, 1.165) is 12.2 Å². The molecule has 0 bridgehead atoms. The van der Waals surface area contributed by atoms with Crippen LogP contribution in [0.15, 0.2) is 29.5 Å². The minimum absolute atomic E-state index is 0.620. The molecule has 0 unspecified atom stereocenters. The topological polar surface area (TPSA) is 37.3 Å². The Balaban J connectivity index is 1.98. The maximum Gasteiger partial charge on any atom is 0.146 e. The van der Waals surface area contributed by atoms with Crippen LogP contribution < -0.4 is 5.43 Å². The summed E-state index contributed by atoms with van der Waals surface area (Å²) in [5.74, 6) is 1.44. The molecule has 1 saturated carbocycles. The van der Waals surface area contributed by atoms with Crippen molar-refractivity contribution >= 4 is 11.5 Å². The molecule has 0 spiro atoms. The SMILES string of the molecule is C[C@@H]1CCCC/C1=N/Nc1ccccn1. The van der Waals surface area contributed by atoms with Gasteiger partial charge in [0.1, 0.15) is 5.82 Å². The Morgan fingerprint density at radius 1 is 1.40 bits per heavy atom. The zero-order valence-electron chi connectivity index (χ0n) is 9.11. The van der Waals surface area contributed by atoms with Gasteiger partial charge in [0.05, 0.1) is 0 Å². The molecule has 1 aliphatic carbocycles. The van der Waals surface area contributed by atoms with Gasteiger partial charge in [-0.05, 0) is 37.3 Å². The number of nitrogens with one attached hydrogen (secondary N) is 1. The van der Waals surface area contributed by atoms with E-state index in [1.54, 1.807) is 6.20 Å². The predicted octanol–water partition coefficient (Wildman–Crippen LogP) is 3.06. The Bertz CT molecular complexity index is 332. The molecule has 0 aliphatic heterocycles. The summed E-state index contributed by atoms with van der Waals surface area (Å²) in [6.45, 7) is 2.25. The van der Waals surface area contributed by atoms with Gasteiger partial charge in [0.15, 0.2) is 0 Å². The van der Waals surface area contributed by atoms with E-state index in [-0.39, 0.29) is 0 Å². The van der Waals surface area contributed by atoms with E-state index in [2.05, 4.69) is 22.4 Å². The van der Waals surface area contributed by atoms with Crippen LogP contribution in [0.2, 0.25) is 0 Å². The van der Waals surface area contributed by atoms with Crippen molar-refractivity contribution in [3.63, 3.8) is 0 Å². The van der Waals surface area contributed by atoms with Gasteiger partial charge in [-0.15, -0.1) is 0 Å². The molecule has 1 heterocycles. The summed E-state index contributed by atoms with van der Waals surface area (Å²) in [5, 5.41) is 4.44. The third-order valence-corrected chi connectivity index (χ3v) is 2.87. The van der Waals surface area contributed by atoms with Gasteiger partial charge in [0.25, 0.3) is 0 Å². The number of hydrogen-bond donors (Lipinski definition) is 1. The zero-order valence-corrected chi connectivity index (χ0v) is 9.11. The molecule has 0 saturated heterocycles. The van der Waals surface area contributed by atoms with Gasteiger partial charge < -0.3 is 0 Å². The van der Waals surface area contributed by atoms with Gasteiger partial charge in [0, 0.05) is 11.9 Å². The van der Waals surface area contributed by atoms with Gasteiger partial charge >= 0.3 is 0 Å². The normalized spacial score (nSPS) is 24.1. The fourth-order valence-electron chi connectivity index (χ4n) is 1.89. The van der Waals surface area contributed by atoms with Crippen LogP contribution in [0.4, 0.5) is 5.82 Å². The molecule has 0 radical (unpaired) electrons. The number of hydrogen-bond acceptors (Lipinski definition) is 3. The predicted molar refractivity (Wildman–Crippen MR) is 62.9 cm³/mol. The second-order valence-corrected chi connectivity index (χ2v) is 4.08. The van der Waals surface area contributed by atoms with Crippen LogP contribution in [0.3, 0.4) is 0 Å². The van der Waals surface area contributed by atoms with E-state index in [0.29, 0.717) is 5.92 Å². The van der Waals surface area contributed by atoms with Crippen LogP contribution >= 0.6 is 0 Å². The summed E-state index contributed by atoms with van der Waals surface area (Å²) < 4.78 is 0. The molecule has 1 N–H and O–H groups in total. The third-order valence-electron chi connectivity index (χ3n) is 2.87. The average Bonchev–Trinajstić information content (AvgIpc) is 2.29. The van der Waals surface area contributed by atoms with Crippen molar-refractivity contribution in [3.05, 3.63) is 24.4 Å². The Morgan fingerprint density at radius 3 is 3.07 bits per heavy atom. The van der Waals surface area contributed by atoms with Crippen LogP contribution in [-0.4, -0.2) is 10.7 Å². The minimum atomic E-state index is 0.620. The highest BCUT2D eigenvalue weighted by Gasteiger charge is 2.15. The molecule has 1 atom stereocenters. The second-order valence-electron chi connectivity index (χ2n) is 4.08. The lowest BCUT2D eigenvalue weighted by Crippen LogP contribution is -2.17. The molecule has 15 heavy (non-hydrogen) atoms. The average molecular weight is 203 g/mol. The summed E-state index contributed by atoms with van der Waals surface area (Å²) in [5.41, 5.74) is 4.31. The third kappa shape index (κ3) is 2.78. The summed E-state index contributed by atoms with van der Waals surface area (Å²) in [4.78, 5) is 4.17. The number of anilines is 1. The van der Waals surface area contributed by atoms with Gasteiger partial charge in [-0.3, -0.25) is 5.43 Å². The van der Waals surface area contributed by atoms with Crippen molar-refractivity contribution in [3.8, 4) is 0 Å². The fourth-order valence-corrected chi connectivity index (χ4v) is 1.89. The lowest BCUT2D eigenvalue weighted by Gasteiger charge is -2.19. The smallest absolute Gasteiger partial charge is 0.146 e. The monoisotopic (exact) mass is 203 g/mol. The number of nitrogens with zero attached hydrogens (tertiary/aromatic N) is 2. The minimum Gasteiger partial charge on any atom is -0.261 e. The molecule has 1 aliphatic rings. The summed E-state index contributed by atoms with van der Waals surface area (Å²) in [6.07, 6.45) is 6.77. The first-order chi connectivity index (χ1) is 7.36. The maximum atomic E-state index is 4.44.